The van der Waals surface area contributed by atoms with Crippen LogP contribution in [0.2, 0.25) is 0 Å². The van der Waals surface area contributed by atoms with Crippen molar-refractivity contribution in [2.75, 3.05) is 5.75 Å². The number of aromatic nitrogens is 4. The lowest BCUT2D eigenvalue weighted by atomic mass is 10.1. The second-order valence-corrected chi connectivity index (χ2v) is 6.21. The van der Waals surface area contributed by atoms with Crippen LogP contribution in [0.15, 0.2) is 35.5 Å². The normalized spacial score (nSPS) is 11.2. The summed E-state index contributed by atoms with van der Waals surface area (Å²) in [5.74, 6) is 0.493. The Morgan fingerprint density at radius 2 is 1.96 bits per heavy atom. The number of carbonyl (C=O) groups excluding carboxylic acids is 1. The number of rotatable bonds is 6. The molecule has 2 heterocycles. The van der Waals surface area contributed by atoms with Crippen molar-refractivity contribution < 1.29 is 18.3 Å². The molecule has 3 aromatic rings. The molecule has 6 nitrogen and oxygen atoms in total. The van der Waals surface area contributed by atoms with Crippen LogP contribution in [0.3, 0.4) is 0 Å². The summed E-state index contributed by atoms with van der Waals surface area (Å²) in [5, 5.41) is 8.65. The summed E-state index contributed by atoms with van der Waals surface area (Å²) in [6.45, 7) is 0.900. The zero-order valence-corrected chi connectivity index (χ0v) is 14.3. The molecule has 130 valence electrons. The predicted octanol–water partition coefficient (Wildman–Crippen LogP) is 3.32. The quantitative estimate of drug-likeness (QED) is 0.494. The average Bonchev–Trinajstić information content (AvgIpc) is 2.96. The van der Waals surface area contributed by atoms with Crippen molar-refractivity contribution in [2.24, 2.45) is 0 Å². The van der Waals surface area contributed by atoms with Crippen LogP contribution in [0.5, 0.6) is 5.75 Å². The van der Waals surface area contributed by atoms with Gasteiger partial charge in [0.1, 0.15) is 5.75 Å². The molecule has 9 heteroatoms. The number of benzene rings is 1. The lowest BCUT2D eigenvalue weighted by Gasteiger charge is -2.06. The Morgan fingerprint density at radius 1 is 1.24 bits per heavy atom. The summed E-state index contributed by atoms with van der Waals surface area (Å²) in [6, 6.07) is 7.50. The van der Waals surface area contributed by atoms with Crippen LogP contribution in [-0.2, 0) is 0 Å². The first-order chi connectivity index (χ1) is 11.9. The summed E-state index contributed by atoms with van der Waals surface area (Å²) < 4.78 is 30.3. The van der Waals surface area contributed by atoms with E-state index in [4.69, 9.17) is 0 Å². The fourth-order valence-electron chi connectivity index (χ4n) is 2.33. The van der Waals surface area contributed by atoms with E-state index in [-0.39, 0.29) is 17.3 Å². The average molecular weight is 364 g/mol. The number of aryl methyl sites for hydroxylation is 2. The monoisotopic (exact) mass is 364 g/mol. The van der Waals surface area contributed by atoms with Gasteiger partial charge in [0, 0.05) is 17.0 Å². The standard InChI is InChI=1S/C16H14F2N4O2S/c1-9-7-10(2)22-15(19-9)20-21-16(22)25-8-13(23)11-3-5-12(6-4-11)24-14(17)18/h3-7,14H,8H2,1-2H3. The Kier molecular flexibility index (Phi) is 4.93. The maximum atomic E-state index is 12.3. The van der Waals surface area contributed by atoms with Gasteiger partial charge in [0.2, 0.25) is 0 Å². The Morgan fingerprint density at radius 3 is 2.64 bits per heavy atom. The van der Waals surface area contributed by atoms with Gasteiger partial charge in [-0.25, -0.2) is 4.98 Å². The first kappa shape index (κ1) is 17.3. The highest BCUT2D eigenvalue weighted by Crippen LogP contribution is 2.21. The molecule has 0 saturated carbocycles. The van der Waals surface area contributed by atoms with Crippen molar-refractivity contribution in [3.8, 4) is 5.75 Å². The minimum Gasteiger partial charge on any atom is -0.435 e. The molecular formula is C16H14F2N4O2S. The number of hydrogen-bond acceptors (Lipinski definition) is 6. The summed E-state index contributed by atoms with van der Waals surface area (Å²) >= 11 is 1.24. The number of nitrogens with zero attached hydrogens (tertiary/aromatic N) is 4. The van der Waals surface area contributed by atoms with Gasteiger partial charge >= 0.3 is 6.61 Å². The Bertz CT molecular complexity index is 912. The van der Waals surface area contributed by atoms with Gasteiger partial charge in [-0.05, 0) is 44.2 Å². The van der Waals surface area contributed by atoms with E-state index < -0.39 is 6.61 Å². The Balaban J connectivity index is 1.70. The smallest absolute Gasteiger partial charge is 0.387 e. The number of alkyl halides is 2. The molecule has 2 aromatic heterocycles. The molecule has 0 radical (unpaired) electrons. The third kappa shape index (κ3) is 3.93. The van der Waals surface area contributed by atoms with Crippen LogP contribution >= 0.6 is 11.8 Å². The van der Waals surface area contributed by atoms with Gasteiger partial charge in [0.05, 0.1) is 5.75 Å². The highest BCUT2D eigenvalue weighted by atomic mass is 32.2. The summed E-state index contributed by atoms with van der Waals surface area (Å²) in [4.78, 5) is 16.6. The van der Waals surface area contributed by atoms with Gasteiger partial charge in [0.25, 0.3) is 5.78 Å². The van der Waals surface area contributed by atoms with E-state index in [2.05, 4.69) is 19.9 Å². The van der Waals surface area contributed by atoms with Gasteiger partial charge < -0.3 is 4.74 Å². The number of fused-ring (bicyclic) bond motifs is 1. The summed E-state index contributed by atoms with van der Waals surface area (Å²) in [7, 11) is 0. The fourth-order valence-corrected chi connectivity index (χ4v) is 3.21. The number of halogens is 2. The zero-order chi connectivity index (χ0) is 18.0. The molecule has 0 fully saturated rings. The molecule has 0 amide bonds. The lowest BCUT2D eigenvalue weighted by molar-refractivity contribution is -0.0498. The van der Waals surface area contributed by atoms with Crippen LogP contribution in [0.25, 0.3) is 5.78 Å². The number of hydrogen-bond donors (Lipinski definition) is 0. The van der Waals surface area contributed by atoms with Gasteiger partial charge in [-0.15, -0.1) is 10.2 Å². The van der Waals surface area contributed by atoms with Crippen LogP contribution < -0.4 is 4.74 Å². The molecule has 0 spiro atoms. The highest BCUT2D eigenvalue weighted by molar-refractivity contribution is 7.99. The van der Waals surface area contributed by atoms with Gasteiger partial charge in [-0.2, -0.15) is 8.78 Å². The second kappa shape index (κ2) is 7.14. The van der Waals surface area contributed by atoms with E-state index in [0.717, 1.165) is 11.4 Å². The number of thioether (sulfide) groups is 1. The molecular weight excluding hydrogens is 350 g/mol. The number of carbonyl (C=O) groups is 1. The zero-order valence-electron chi connectivity index (χ0n) is 13.4. The van der Waals surface area contributed by atoms with Crippen molar-refractivity contribution in [1.82, 2.24) is 19.6 Å². The largest absolute Gasteiger partial charge is 0.435 e. The third-order valence-electron chi connectivity index (χ3n) is 3.40. The summed E-state index contributed by atoms with van der Waals surface area (Å²) in [5.41, 5.74) is 2.18. The van der Waals surface area contributed by atoms with Crippen molar-refractivity contribution in [2.45, 2.75) is 25.6 Å². The SMILES string of the molecule is Cc1cc(C)n2c(SCC(=O)c3ccc(OC(F)F)cc3)nnc2n1. The fraction of sp³-hybridized carbons (Fsp3) is 0.250. The second-order valence-electron chi connectivity index (χ2n) is 5.27. The van der Waals surface area contributed by atoms with Gasteiger partial charge in [-0.3, -0.25) is 9.20 Å². The van der Waals surface area contributed by atoms with Crippen LogP contribution in [0.1, 0.15) is 21.7 Å². The van der Waals surface area contributed by atoms with Crippen molar-refractivity contribution in [1.29, 1.82) is 0 Å². The number of Topliss-reactive ketones (excluding diaryl/α,β-unsaturated/α-hetero) is 1. The molecule has 0 aliphatic heterocycles. The van der Waals surface area contributed by atoms with Crippen LogP contribution in [0, 0.1) is 13.8 Å². The van der Waals surface area contributed by atoms with E-state index in [0.29, 0.717) is 16.5 Å². The van der Waals surface area contributed by atoms with Gasteiger partial charge in [0.15, 0.2) is 10.9 Å². The van der Waals surface area contributed by atoms with Crippen molar-refractivity contribution >= 4 is 23.3 Å². The van der Waals surface area contributed by atoms with E-state index in [1.54, 1.807) is 4.40 Å². The van der Waals surface area contributed by atoms with Crippen molar-refractivity contribution in [3.63, 3.8) is 0 Å². The highest BCUT2D eigenvalue weighted by Gasteiger charge is 2.14. The molecule has 25 heavy (non-hydrogen) atoms. The molecule has 0 saturated heterocycles. The molecule has 1 aromatic carbocycles. The maximum absolute atomic E-state index is 12.3. The summed E-state index contributed by atoms with van der Waals surface area (Å²) in [6.07, 6.45) is 0. The first-order valence-corrected chi connectivity index (χ1v) is 8.33. The van der Waals surface area contributed by atoms with E-state index in [1.165, 1.54) is 36.0 Å². The lowest BCUT2D eigenvalue weighted by Crippen LogP contribution is -2.05. The molecule has 0 N–H and O–H groups in total. The third-order valence-corrected chi connectivity index (χ3v) is 4.33. The molecule has 0 aliphatic carbocycles. The topological polar surface area (TPSA) is 69.4 Å². The van der Waals surface area contributed by atoms with Crippen LogP contribution in [0.4, 0.5) is 8.78 Å². The van der Waals surface area contributed by atoms with E-state index in [1.807, 2.05) is 19.9 Å². The molecule has 0 aliphatic rings. The molecule has 0 bridgehead atoms. The molecule has 0 unspecified atom stereocenters. The first-order valence-electron chi connectivity index (χ1n) is 7.34. The van der Waals surface area contributed by atoms with Crippen molar-refractivity contribution in [3.05, 3.63) is 47.3 Å². The minimum atomic E-state index is -2.89. The Hall–Kier alpha value is -2.55. The van der Waals surface area contributed by atoms with E-state index >= 15 is 0 Å². The Labute approximate surface area is 146 Å². The van der Waals surface area contributed by atoms with Gasteiger partial charge in [-0.1, -0.05) is 11.8 Å². The van der Waals surface area contributed by atoms with E-state index in [9.17, 15) is 13.6 Å². The minimum absolute atomic E-state index is 0.0136. The maximum Gasteiger partial charge on any atom is 0.387 e. The molecule has 3 rings (SSSR count). The van der Waals surface area contributed by atoms with Crippen LogP contribution in [-0.4, -0.2) is 37.7 Å². The predicted molar refractivity (Wildman–Crippen MR) is 88.4 cm³/mol. The number of ether oxygens (including phenoxy) is 1. The molecule has 0 atom stereocenters. The number of ketones is 1.